The van der Waals surface area contributed by atoms with Gasteiger partial charge in [0.2, 0.25) is 0 Å². The fourth-order valence-corrected chi connectivity index (χ4v) is 3.91. The van der Waals surface area contributed by atoms with Crippen LogP contribution >= 0.6 is 11.3 Å². The van der Waals surface area contributed by atoms with E-state index < -0.39 is 0 Å². The number of thiophene rings is 1. The summed E-state index contributed by atoms with van der Waals surface area (Å²) < 4.78 is 5.44. The van der Waals surface area contributed by atoms with Gasteiger partial charge < -0.3 is 14.5 Å². The molecule has 0 aliphatic carbocycles. The van der Waals surface area contributed by atoms with Crippen LogP contribution in [0.2, 0.25) is 0 Å². The van der Waals surface area contributed by atoms with Crippen LogP contribution in [0.1, 0.15) is 17.3 Å². The Labute approximate surface area is 162 Å². The summed E-state index contributed by atoms with van der Waals surface area (Å²) in [7, 11) is 0. The molecule has 27 heavy (non-hydrogen) atoms. The van der Waals surface area contributed by atoms with Crippen LogP contribution < -0.4 is 9.64 Å². The highest BCUT2D eigenvalue weighted by Crippen LogP contribution is 2.26. The molecule has 0 radical (unpaired) electrons. The van der Waals surface area contributed by atoms with E-state index in [4.69, 9.17) is 4.74 Å². The molecule has 0 spiro atoms. The average molecular weight is 382 g/mol. The minimum atomic E-state index is 0.0685. The average Bonchev–Trinajstić information content (AvgIpc) is 3.40. The van der Waals surface area contributed by atoms with Gasteiger partial charge in [-0.2, -0.15) is 5.10 Å². The molecule has 1 aromatic carbocycles. The lowest BCUT2D eigenvalue weighted by Crippen LogP contribution is -2.48. The largest absolute Gasteiger partial charge is 0.494 e. The number of amides is 1. The van der Waals surface area contributed by atoms with Gasteiger partial charge in [0.15, 0.2) is 5.82 Å². The molecule has 140 valence electrons. The fraction of sp³-hybridized carbons (Fsp3) is 0.300. The van der Waals surface area contributed by atoms with E-state index in [0.717, 1.165) is 30.4 Å². The molecular weight excluding hydrogens is 360 g/mol. The van der Waals surface area contributed by atoms with Crippen molar-refractivity contribution in [1.82, 2.24) is 15.1 Å². The van der Waals surface area contributed by atoms with Crippen LogP contribution in [-0.2, 0) is 0 Å². The van der Waals surface area contributed by atoms with E-state index in [-0.39, 0.29) is 5.91 Å². The third-order valence-electron chi connectivity index (χ3n) is 4.65. The Balaban J connectivity index is 1.36. The zero-order chi connectivity index (χ0) is 18.6. The molecular formula is C20H22N4O2S. The summed E-state index contributed by atoms with van der Waals surface area (Å²) in [5.41, 5.74) is 1.74. The summed E-state index contributed by atoms with van der Waals surface area (Å²) in [6, 6.07) is 13.6. The number of carbonyl (C=O) groups is 1. The first-order valence-electron chi connectivity index (χ1n) is 9.11. The van der Waals surface area contributed by atoms with E-state index in [0.29, 0.717) is 25.3 Å². The van der Waals surface area contributed by atoms with Crippen molar-refractivity contribution < 1.29 is 9.53 Å². The Bertz CT molecular complexity index is 881. The highest BCUT2D eigenvalue weighted by atomic mass is 32.1. The van der Waals surface area contributed by atoms with E-state index in [1.165, 1.54) is 4.88 Å². The van der Waals surface area contributed by atoms with Crippen molar-refractivity contribution in [2.45, 2.75) is 6.92 Å². The van der Waals surface area contributed by atoms with Crippen molar-refractivity contribution in [3.8, 4) is 16.3 Å². The Hall–Kier alpha value is -2.80. The number of carbonyl (C=O) groups excluding carboxylic acids is 1. The first kappa shape index (κ1) is 17.6. The number of benzene rings is 1. The molecule has 2 aromatic heterocycles. The number of rotatable bonds is 5. The highest BCUT2D eigenvalue weighted by Gasteiger charge is 2.23. The third-order valence-corrected chi connectivity index (χ3v) is 5.56. The van der Waals surface area contributed by atoms with Gasteiger partial charge in [0.25, 0.3) is 5.91 Å². The minimum absolute atomic E-state index is 0.0685. The van der Waals surface area contributed by atoms with Gasteiger partial charge in [-0.25, -0.2) is 0 Å². The highest BCUT2D eigenvalue weighted by molar-refractivity contribution is 7.13. The van der Waals surface area contributed by atoms with Gasteiger partial charge in [0.05, 0.1) is 17.2 Å². The van der Waals surface area contributed by atoms with Gasteiger partial charge in [-0.05, 0) is 42.6 Å². The molecule has 1 fully saturated rings. The molecule has 0 saturated carbocycles. The van der Waals surface area contributed by atoms with E-state index in [2.05, 4.69) is 32.6 Å². The van der Waals surface area contributed by atoms with Crippen LogP contribution in [0.25, 0.3) is 10.6 Å². The monoisotopic (exact) mass is 382 g/mol. The zero-order valence-corrected chi connectivity index (χ0v) is 16.0. The Morgan fingerprint density at radius 2 is 1.96 bits per heavy atom. The summed E-state index contributed by atoms with van der Waals surface area (Å²) in [6.07, 6.45) is 0. The van der Waals surface area contributed by atoms with Crippen LogP contribution in [0.15, 0.2) is 47.8 Å². The van der Waals surface area contributed by atoms with E-state index >= 15 is 0 Å². The van der Waals surface area contributed by atoms with Gasteiger partial charge in [0.1, 0.15) is 5.75 Å². The fourth-order valence-electron chi connectivity index (χ4n) is 3.21. The van der Waals surface area contributed by atoms with Crippen LogP contribution in [0.3, 0.4) is 0 Å². The smallest absolute Gasteiger partial charge is 0.253 e. The summed E-state index contributed by atoms with van der Waals surface area (Å²) in [5.74, 6) is 1.80. The van der Waals surface area contributed by atoms with Gasteiger partial charge in [-0.3, -0.25) is 9.89 Å². The van der Waals surface area contributed by atoms with Crippen LogP contribution in [0, 0.1) is 0 Å². The molecule has 0 unspecified atom stereocenters. The summed E-state index contributed by atoms with van der Waals surface area (Å²) in [5, 5.41) is 9.61. The molecule has 4 rings (SSSR count). The molecule has 6 nitrogen and oxygen atoms in total. The number of nitrogens with one attached hydrogen (secondary N) is 1. The van der Waals surface area contributed by atoms with E-state index in [1.54, 1.807) is 11.3 Å². The molecule has 1 aliphatic rings. The number of H-pyrrole nitrogens is 1. The van der Waals surface area contributed by atoms with Crippen LogP contribution in [-0.4, -0.2) is 53.8 Å². The molecule has 0 atom stereocenters. The Kier molecular flexibility index (Phi) is 5.11. The normalized spacial score (nSPS) is 14.4. The second kappa shape index (κ2) is 7.84. The minimum Gasteiger partial charge on any atom is -0.494 e. The van der Waals surface area contributed by atoms with Crippen molar-refractivity contribution in [2.24, 2.45) is 0 Å². The zero-order valence-electron chi connectivity index (χ0n) is 15.2. The first-order valence-corrected chi connectivity index (χ1v) is 9.99. The molecule has 0 bridgehead atoms. The lowest BCUT2D eigenvalue weighted by Gasteiger charge is -2.34. The molecule has 1 saturated heterocycles. The number of aromatic amines is 1. The summed E-state index contributed by atoms with van der Waals surface area (Å²) in [4.78, 5) is 18.0. The molecule has 1 aliphatic heterocycles. The Morgan fingerprint density at radius 1 is 1.19 bits per heavy atom. The number of hydrogen-bond acceptors (Lipinski definition) is 5. The second-order valence-electron chi connectivity index (χ2n) is 6.35. The van der Waals surface area contributed by atoms with Crippen molar-refractivity contribution in [3.63, 3.8) is 0 Å². The van der Waals surface area contributed by atoms with Gasteiger partial charge in [-0.1, -0.05) is 6.07 Å². The second-order valence-corrected chi connectivity index (χ2v) is 7.30. The van der Waals surface area contributed by atoms with Crippen molar-refractivity contribution >= 4 is 23.1 Å². The molecule has 1 N–H and O–H groups in total. The maximum absolute atomic E-state index is 12.7. The molecule has 7 heteroatoms. The standard InChI is InChI=1S/C20H22N4O2S/c1-2-26-16-7-5-15(6-8-16)20(25)24-11-9-23(10-12-24)19-14-17(21-22-19)18-4-3-13-27-18/h3-8,13-14H,2,9-12H2,1H3,(H,21,22). The van der Waals surface area contributed by atoms with Crippen molar-refractivity contribution in [1.29, 1.82) is 0 Å². The maximum Gasteiger partial charge on any atom is 0.253 e. The lowest BCUT2D eigenvalue weighted by atomic mass is 10.1. The maximum atomic E-state index is 12.7. The number of aromatic nitrogens is 2. The topological polar surface area (TPSA) is 61.5 Å². The quantitative estimate of drug-likeness (QED) is 0.734. The predicted octanol–water partition coefficient (Wildman–Crippen LogP) is 3.50. The van der Waals surface area contributed by atoms with Gasteiger partial charge >= 0.3 is 0 Å². The van der Waals surface area contributed by atoms with Gasteiger partial charge in [-0.15, -0.1) is 11.3 Å². The number of anilines is 1. The number of hydrogen-bond donors (Lipinski definition) is 1. The van der Waals surface area contributed by atoms with Crippen LogP contribution in [0.4, 0.5) is 5.82 Å². The van der Waals surface area contributed by atoms with Gasteiger partial charge in [0, 0.05) is 37.8 Å². The van der Waals surface area contributed by atoms with E-state index in [9.17, 15) is 4.79 Å². The SMILES string of the molecule is CCOc1ccc(C(=O)N2CCN(c3cc(-c4cccs4)[nH]n3)CC2)cc1. The number of piperazine rings is 1. The molecule has 1 amide bonds. The third kappa shape index (κ3) is 3.83. The summed E-state index contributed by atoms with van der Waals surface area (Å²) in [6.45, 7) is 5.49. The molecule has 3 aromatic rings. The summed E-state index contributed by atoms with van der Waals surface area (Å²) >= 11 is 1.69. The number of ether oxygens (including phenoxy) is 1. The number of nitrogens with zero attached hydrogens (tertiary/aromatic N) is 3. The Morgan fingerprint density at radius 3 is 2.63 bits per heavy atom. The van der Waals surface area contributed by atoms with Crippen molar-refractivity contribution in [2.75, 3.05) is 37.7 Å². The molecule has 3 heterocycles. The lowest BCUT2D eigenvalue weighted by molar-refractivity contribution is 0.0746. The van der Waals surface area contributed by atoms with Crippen LogP contribution in [0.5, 0.6) is 5.75 Å². The van der Waals surface area contributed by atoms with E-state index in [1.807, 2.05) is 42.2 Å². The predicted molar refractivity (Wildman–Crippen MR) is 108 cm³/mol. The van der Waals surface area contributed by atoms with Crippen molar-refractivity contribution in [3.05, 3.63) is 53.4 Å². The first-order chi connectivity index (χ1) is 13.2.